The van der Waals surface area contributed by atoms with Crippen LogP contribution in [0.15, 0.2) is 46.3 Å². The second kappa shape index (κ2) is 9.54. The fraction of sp³-hybridized carbons (Fsp3) is 0.550. The number of furan rings is 1. The molecule has 0 aromatic carbocycles. The molecular formula is C20H28N6O2. The molecule has 2 aromatic rings. The molecule has 0 spiro atoms. The lowest BCUT2D eigenvalue weighted by Crippen LogP contribution is -2.53. The zero-order valence-corrected chi connectivity index (χ0v) is 16.2. The van der Waals surface area contributed by atoms with Gasteiger partial charge in [0.2, 0.25) is 5.95 Å². The van der Waals surface area contributed by atoms with E-state index in [9.17, 15) is 0 Å². The van der Waals surface area contributed by atoms with Crippen LogP contribution in [0, 0.1) is 5.92 Å². The molecule has 2 aromatic heterocycles. The van der Waals surface area contributed by atoms with Crippen LogP contribution in [0.3, 0.4) is 0 Å². The number of ether oxygens (including phenoxy) is 1. The van der Waals surface area contributed by atoms with Crippen molar-refractivity contribution in [3.8, 4) is 0 Å². The van der Waals surface area contributed by atoms with E-state index in [1.165, 1.54) is 0 Å². The third-order valence-electron chi connectivity index (χ3n) is 5.17. The van der Waals surface area contributed by atoms with Crippen molar-refractivity contribution in [3.05, 3.63) is 42.6 Å². The topological polar surface area (TPSA) is 79.0 Å². The fourth-order valence-electron chi connectivity index (χ4n) is 3.54. The van der Waals surface area contributed by atoms with Crippen molar-refractivity contribution in [1.29, 1.82) is 0 Å². The van der Waals surface area contributed by atoms with E-state index in [0.29, 0.717) is 5.92 Å². The summed E-state index contributed by atoms with van der Waals surface area (Å²) in [6, 6.07) is 5.78. The Balaban J connectivity index is 1.34. The molecule has 2 fully saturated rings. The first-order valence-corrected chi connectivity index (χ1v) is 10.0. The Hall–Kier alpha value is -2.61. The van der Waals surface area contributed by atoms with Crippen molar-refractivity contribution >= 4 is 11.9 Å². The summed E-state index contributed by atoms with van der Waals surface area (Å²) in [5, 5.41) is 3.53. The number of hydrogen-bond acceptors (Lipinski definition) is 6. The van der Waals surface area contributed by atoms with Gasteiger partial charge in [0, 0.05) is 70.6 Å². The predicted octanol–water partition coefficient (Wildman–Crippen LogP) is 1.42. The van der Waals surface area contributed by atoms with Crippen molar-refractivity contribution in [2.45, 2.75) is 12.8 Å². The molecule has 8 heteroatoms. The molecule has 150 valence electrons. The van der Waals surface area contributed by atoms with Crippen LogP contribution in [0.4, 0.5) is 5.95 Å². The van der Waals surface area contributed by atoms with Gasteiger partial charge < -0.3 is 24.3 Å². The van der Waals surface area contributed by atoms with Gasteiger partial charge >= 0.3 is 0 Å². The normalized spacial score (nSPS) is 20.6. The summed E-state index contributed by atoms with van der Waals surface area (Å²) in [5.74, 6) is 3.30. The SMILES string of the molecule is c1cnc(N2CCN(C(=NCC3CCOC3)NCCc3ccco3)CC2)nc1. The quantitative estimate of drug-likeness (QED) is 0.596. The lowest BCUT2D eigenvalue weighted by Gasteiger charge is -2.36. The maximum absolute atomic E-state index is 5.49. The van der Waals surface area contributed by atoms with E-state index in [1.807, 2.05) is 18.2 Å². The first-order valence-electron chi connectivity index (χ1n) is 10.0. The highest BCUT2D eigenvalue weighted by molar-refractivity contribution is 5.80. The minimum atomic E-state index is 0.529. The Labute approximate surface area is 165 Å². The van der Waals surface area contributed by atoms with Crippen LogP contribution in [0.1, 0.15) is 12.2 Å². The van der Waals surface area contributed by atoms with Gasteiger partial charge in [-0.2, -0.15) is 0 Å². The Bertz CT molecular complexity index is 722. The summed E-state index contributed by atoms with van der Waals surface area (Å²) < 4.78 is 10.9. The Morgan fingerprint density at radius 1 is 1.18 bits per heavy atom. The van der Waals surface area contributed by atoms with E-state index in [2.05, 4.69) is 25.1 Å². The van der Waals surface area contributed by atoms with Gasteiger partial charge in [-0.1, -0.05) is 0 Å². The molecule has 1 atom stereocenters. The number of nitrogens with zero attached hydrogens (tertiary/aromatic N) is 5. The number of anilines is 1. The van der Waals surface area contributed by atoms with E-state index in [4.69, 9.17) is 14.1 Å². The van der Waals surface area contributed by atoms with Gasteiger partial charge in [-0.3, -0.25) is 4.99 Å². The van der Waals surface area contributed by atoms with Gasteiger partial charge in [0.15, 0.2) is 5.96 Å². The average molecular weight is 384 g/mol. The molecule has 0 amide bonds. The van der Waals surface area contributed by atoms with Gasteiger partial charge in [-0.05, 0) is 24.6 Å². The molecule has 1 N–H and O–H groups in total. The molecular weight excluding hydrogens is 356 g/mol. The number of aliphatic imine (C=N–C) groups is 1. The smallest absolute Gasteiger partial charge is 0.225 e. The van der Waals surface area contributed by atoms with Gasteiger partial charge in [0.05, 0.1) is 12.9 Å². The van der Waals surface area contributed by atoms with Crippen LogP contribution in [0.25, 0.3) is 0 Å². The molecule has 1 unspecified atom stereocenters. The van der Waals surface area contributed by atoms with Crippen LogP contribution in [-0.4, -0.2) is 73.3 Å². The van der Waals surface area contributed by atoms with Crippen LogP contribution in [-0.2, 0) is 11.2 Å². The Morgan fingerprint density at radius 2 is 2.04 bits per heavy atom. The first kappa shape index (κ1) is 18.7. The van der Waals surface area contributed by atoms with Crippen molar-refractivity contribution in [3.63, 3.8) is 0 Å². The second-order valence-corrected chi connectivity index (χ2v) is 7.17. The summed E-state index contributed by atoms with van der Waals surface area (Å²) in [4.78, 5) is 18.2. The van der Waals surface area contributed by atoms with Crippen molar-refractivity contribution in [2.24, 2.45) is 10.9 Å². The standard InChI is InChI=1S/C20H28N6O2/c1-3-18(28-13-1)4-8-23-20(24-15-17-5-14-27-16-17)26-11-9-25(10-12-26)19-21-6-2-7-22-19/h1-3,6-7,13,17H,4-5,8-12,14-16H2,(H,23,24). The van der Waals surface area contributed by atoms with Gasteiger partial charge in [-0.25, -0.2) is 9.97 Å². The van der Waals surface area contributed by atoms with E-state index >= 15 is 0 Å². The molecule has 8 nitrogen and oxygen atoms in total. The molecule has 4 heterocycles. The molecule has 0 bridgehead atoms. The average Bonchev–Trinajstić information content (AvgIpc) is 3.46. The van der Waals surface area contributed by atoms with Gasteiger partial charge in [0.1, 0.15) is 5.76 Å². The van der Waals surface area contributed by atoms with E-state index in [1.54, 1.807) is 18.7 Å². The van der Waals surface area contributed by atoms with Crippen LogP contribution in [0.5, 0.6) is 0 Å². The van der Waals surface area contributed by atoms with Crippen molar-refractivity contribution in [2.75, 3.05) is 57.4 Å². The molecule has 0 radical (unpaired) electrons. The number of nitrogens with one attached hydrogen (secondary N) is 1. The first-order chi connectivity index (χ1) is 13.9. The minimum absolute atomic E-state index is 0.529. The molecule has 0 saturated carbocycles. The summed E-state index contributed by atoms with van der Waals surface area (Å²) in [5.41, 5.74) is 0. The number of aromatic nitrogens is 2. The van der Waals surface area contributed by atoms with E-state index < -0.39 is 0 Å². The number of rotatable bonds is 6. The lowest BCUT2D eigenvalue weighted by molar-refractivity contribution is 0.187. The van der Waals surface area contributed by atoms with E-state index in [-0.39, 0.29) is 0 Å². The highest BCUT2D eigenvalue weighted by Crippen LogP contribution is 2.14. The maximum atomic E-state index is 5.49. The maximum Gasteiger partial charge on any atom is 0.225 e. The molecule has 2 aliphatic heterocycles. The second-order valence-electron chi connectivity index (χ2n) is 7.17. The lowest BCUT2D eigenvalue weighted by atomic mass is 10.1. The van der Waals surface area contributed by atoms with Gasteiger partial charge in [-0.15, -0.1) is 0 Å². The zero-order valence-electron chi connectivity index (χ0n) is 16.2. The van der Waals surface area contributed by atoms with E-state index in [0.717, 1.165) is 83.0 Å². The van der Waals surface area contributed by atoms with Gasteiger partial charge in [0.25, 0.3) is 0 Å². The largest absolute Gasteiger partial charge is 0.469 e. The highest BCUT2D eigenvalue weighted by atomic mass is 16.5. The van der Waals surface area contributed by atoms with Crippen molar-refractivity contribution in [1.82, 2.24) is 20.2 Å². The number of piperazine rings is 1. The van der Waals surface area contributed by atoms with Crippen molar-refractivity contribution < 1.29 is 9.15 Å². The molecule has 0 aliphatic carbocycles. The molecule has 28 heavy (non-hydrogen) atoms. The summed E-state index contributed by atoms with van der Waals surface area (Å²) in [6.45, 7) is 6.85. The molecule has 2 aliphatic rings. The minimum Gasteiger partial charge on any atom is -0.469 e. The fourth-order valence-corrected chi connectivity index (χ4v) is 3.54. The number of hydrogen-bond donors (Lipinski definition) is 1. The molecule has 2 saturated heterocycles. The Kier molecular flexibility index (Phi) is 6.39. The summed E-state index contributed by atoms with van der Waals surface area (Å²) in [7, 11) is 0. The third-order valence-corrected chi connectivity index (χ3v) is 5.17. The monoisotopic (exact) mass is 384 g/mol. The highest BCUT2D eigenvalue weighted by Gasteiger charge is 2.22. The van der Waals surface area contributed by atoms with Crippen LogP contribution < -0.4 is 10.2 Å². The Morgan fingerprint density at radius 3 is 2.75 bits per heavy atom. The van der Waals surface area contributed by atoms with Crippen LogP contribution in [0.2, 0.25) is 0 Å². The third kappa shape index (κ3) is 5.01. The molecule has 4 rings (SSSR count). The zero-order chi connectivity index (χ0) is 19.0. The number of guanidine groups is 1. The summed E-state index contributed by atoms with van der Waals surface area (Å²) >= 11 is 0. The summed E-state index contributed by atoms with van der Waals surface area (Å²) in [6.07, 6.45) is 7.25. The van der Waals surface area contributed by atoms with Crippen LogP contribution >= 0.6 is 0 Å². The predicted molar refractivity (Wildman–Crippen MR) is 107 cm³/mol.